The van der Waals surface area contributed by atoms with Crippen LogP contribution in [0, 0.1) is 32.6 Å². The molecule has 3 heteroatoms. The molecule has 1 aromatic heterocycles. The van der Waals surface area contributed by atoms with Gasteiger partial charge in [-0.25, -0.2) is 4.99 Å². The zero-order valence-electron chi connectivity index (χ0n) is 36.1. The second kappa shape index (κ2) is 19.9. The average Bonchev–Trinajstić information content (AvgIpc) is 3.69. The summed E-state index contributed by atoms with van der Waals surface area (Å²) in [6.45, 7) is 8.85. The molecule has 1 heterocycles. The molecule has 0 saturated carbocycles. The van der Waals surface area contributed by atoms with Gasteiger partial charge in [-0.2, -0.15) is 0 Å². The maximum atomic E-state index is 5.16. The summed E-state index contributed by atoms with van der Waals surface area (Å²) in [5, 5.41) is 0. The van der Waals surface area contributed by atoms with Gasteiger partial charge in [-0.05, 0) is 115 Å². The molecule has 3 aliphatic rings. The molecule has 0 spiro atoms. The first-order valence-electron chi connectivity index (χ1n) is 21.3. The predicted molar refractivity (Wildman–Crippen MR) is 260 cm³/mol. The second-order valence-corrected chi connectivity index (χ2v) is 16.0. The van der Waals surface area contributed by atoms with Crippen molar-refractivity contribution >= 4 is 17.1 Å². The minimum Gasteiger partial charge on any atom is -0.270 e. The van der Waals surface area contributed by atoms with Gasteiger partial charge < -0.3 is 0 Å². The van der Waals surface area contributed by atoms with Crippen LogP contribution in [0.25, 0.3) is 16.7 Å². The summed E-state index contributed by atoms with van der Waals surface area (Å²) in [6.07, 6.45) is 25.7. The molecule has 2 atom stereocenters. The lowest BCUT2D eigenvalue weighted by Gasteiger charge is -2.31. The molecule has 6 aromatic rings. The van der Waals surface area contributed by atoms with Crippen molar-refractivity contribution in [2.75, 3.05) is 7.05 Å². The molecule has 0 saturated heterocycles. The number of aromatic nitrogens is 1. The average molecular weight is 794 g/mol. The molecule has 0 aliphatic heterocycles. The van der Waals surface area contributed by atoms with E-state index in [1.165, 1.54) is 74.1 Å². The molecule has 0 bridgehead atoms. The highest BCUT2D eigenvalue weighted by atomic mass is 14.9. The van der Waals surface area contributed by atoms with Gasteiger partial charge in [0.2, 0.25) is 0 Å². The third-order valence-corrected chi connectivity index (χ3v) is 12.0. The van der Waals surface area contributed by atoms with E-state index in [1.54, 1.807) is 0 Å². The van der Waals surface area contributed by atoms with Gasteiger partial charge in [0.1, 0.15) is 0 Å². The van der Waals surface area contributed by atoms with E-state index in [0.717, 1.165) is 46.8 Å². The van der Waals surface area contributed by atoms with Gasteiger partial charge in [-0.15, -0.1) is 12.8 Å². The summed E-state index contributed by atoms with van der Waals surface area (Å²) in [5.41, 5.74) is 20.5. The van der Waals surface area contributed by atoms with Crippen LogP contribution in [0.15, 0.2) is 191 Å². The van der Waals surface area contributed by atoms with Crippen LogP contribution in [0.3, 0.4) is 0 Å². The number of amidine groups is 1. The number of pyridine rings is 1. The smallest absolute Gasteiger partial charge is 0.154 e. The molecule has 3 nitrogen and oxygen atoms in total. The molecule has 3 aliphatic carbocycles. The van der Waals surface area contributed by atoms with Crippen LogP contribution in [0.4, 0.5) is 0 Å². The van der Waals surface area contributed by atoms with Gasteiger partial charge in [0.25, 0.3) is 0 Å². The Labute approximate surface area is 363 Å². The number of fused-ring (bicyclic) bond motifs is 3. The predicted octanol–water partition coefficient (Wildman–Crippen LogP) is 13.7. The van der Waals surface area contributed by atoms with Gasteiger partial charge in [0.05, 0.1) is 5.71 Å². The highest BCUT2D eigenvalue weighted by Crippen LogP contribution is 2.44. The summed E-state index contributed by atoms with van der Waals surface area (Å²) in [7, 11) is 1.81. The van der Waals surface area contributed by atoms with Gasteiger partial charge >= 0.3 is 0 Å². The first-order chi connectivity index (χ1) is 29.9. The summed E-state index contributed by atoms with van der Waals surface area (Å²) >= 11 is 0. The zero-order valence-corrected chi connectivity index (χ0v) is 36.1. The van der Waals surface area contributed by atoms with E-state index in [9.17, 15) is 0 Å². The van der Waals surface area contributed by atoms with Crippen LogP contribution in [0.2, 0.25) is 0 Å². The largest absolute Gasteiger partial charge is 0.270 e. The number of aryl methyl sites for hydroxylation is 2. The SMILES string of the molecule is C#C.CC1=C(c2cccnc2C)C(C)C(c2ccccc2CC2=CC=CCC2)C=C1.CN=C(N=C(c1cccc(C)c1)c1cccc2c1-c1ccccc1C2)c1ccccc1. The highest BCUT2D eigenvalue weighted by Gasteiger charge is 2.28. The van der Waals surface area contributed by atoms with Crippen molar-refractivity contribution in [1.82, 2.24) is 4.98 Å². The van der Waals surface area contributed by atoms with Gasteiger partial charge in [-0.3, -0.25) is 9.98 Å². The van der Waals surface area contributed by atoms with E-state index in [0.29, 0.717) is 11.8 Å². The zero-order chi connectivity index (χ0) is 42.7. The number of rotatable bonds is 7. The van der Waals surface area contributed by atoms with Crippen molar-refractivity contribution < 1.29 is 0 Å². The van der Waals surface area contributed by atoms with Crippen molar-refractivity contribution in [2.24, 2.45) is 15.9 Å². The molecule has 0 radical (unpaired) electrons. The van der Waals surface area contributed by atoms with Crippen molar-refractivity contribution in [2.45, 2.75) is 59.3 Å². The second-order valence-electron chi connectivity index (χ2n) is 16.0. The van der Waals surface area contributed by atoms with E-state index >= 15 is 0 Å². The molecular formula is C58H55N3. The summed E-state index contributed by atoms with van der Waals surface area (Å²) in [6, 6.07) is 47.3. The molecule has 0 N–H and O–H groups in total. The Morgan fingerprint density at radius 3 is 2.25 bits per heavy atom. The third-order valence-electron chi connectivity index (χ3n) is 12.0. The monoisotopic (exact) mass is 793 g/mol. The molecule has 61 heavy (non-hydrogen) atoms. The van der Waals surface area contributed by atoms with E-state index in [1.807, 2.05) is 31.4 Å². The quantitative estimate of drug-likeness (QED) is 0.0900. The fourth-order valence-corrected chi connectivity index (χ4v) is 9.10. The Balaban J connectivity index is 0.000000178. The van der Waals surface area contributed by atoms with Gasteiger partial charge in [0.15, 0.2) is 5.84 Å². The third kappa shape index (κ3) is 9.46. The van der Waals surface area contributed by atoms with Crippen LogP contribution >= 0.6 is 0 Å². The molecule has 2 unspecified atom stereocenters. The van der Waals surface area contributed by atoms with E-state index in [4.69, 9.17) is 4.99 Å². The lowest BCUT2D eigenvalue weighted by atomic mass is 9.73. The normalized spacial score (nSPS) is 16.7. The highest BCUT2D eigenvalue weighted by molar-refractivity contribution is 6.22. The molecule has 0 fully saturated rings. The summed E-state index contributed by atoms with van der Waals surface area (Å²) in [5.74, 6) is 1.56. The molecule has 9 rings (SSSR count). The first kappa shape index (κ1) is 42.2. The Hall–Kier alpha value is -6.89. The topological polar surface area (TPSA) is 37.6 Å². The molecular weight excluding hydrogens is 739 g/mol. The lowest BCUT2D eigenvalue weighted by molar-refractivity contribution is 0.642. The van der Waals surface area contributed by atoms with Crippen LogP contribution in [0.5, 0.6) is 0 Å². The lowest BCUT2D eigenvalue weighted by Crippen LogP contribution is -2.17. The summed E-state index contributed by atoms with van der Waals surface area (Å²) in [4.78, 5) is 14.2. The maximum Gasteiger partial charge on any atom is 0.154 e. The molecule has 5 aromatic carbocycles. The number of terminal acetylenes is 1. The number of benzene rings is 5. The van der Waals surface area contributed by atoms with Crippen LogP contribution in [-0.2, 0) is 12.8 Å². The number of hydrogen-bond acceptors (Lipinski definition) is 2. The number of aliphatic imine (C=N–C) groups is 2. The van der Waals surface area contributed by atoms with Crippen LogP contribution < -0.4 is 0 Å². The van der Waals surface area contributed by atoms with Gasteiger partial charge in [-0.1, -0.05) is 170 Å². The minimum atomic E-state index is 0.397. The van der Waals surface area contributed by atoms with E-state index in [2.05, 4.69) is 196 Å². The van der Waals surface area contributed by atoms with Crippen LogP contribution in [0.1, 0.15) is 88.4 Å². The Morgan fingerprint density at radius 1 is 0.754 bits per heavy atom. The van der Waals surface area contributed by atoms with Gasteiger partial charge in [0, 0.05) is 41.5 Å². The van der Waals surface area contributed by atoms with Crippen molar-refractivity contribution in [1.29, 1.82) is 0 Å². The van der Waals surface area contributed by atoms with Crippen molar-refractivity contribution in [3.05, 3.63) is 237 Å². The fourth-order valence-electron chi connectivity index (χ4n) is 9.10. The fraction of sp³-hybridized carbons (Fsp3) is 0.190. The van der Waals surface area contributed by atoms with E-state index in [-0.39, 0.29) is 0 Å². The number of nitrogens with zero attached hydrogens (tertiary/aromatic N) is 3. The molecule has 302 valence electrons. The molecule has 0 amide bonds. The van der Waals surface area contributed by atoms with Crippen molar-refractivity contribution in [3.63, 3.8) is 0 Å². The first-order valence-corrected chi connectivity index (χ1v) is 21.3. The van der Waals surface area contributed by atoms with Crippen molar-refractivity contribution in [3.8, 4) is 24.0 Å². The Morgan fingerprint density at radius 2 is 1.48 bits per heavy atom. The van der Waals surface area contributed by atoms with Crippen LogP contribution in [-0.4, -0.2) is 23.6 Å². The maximum absolute atomic E-state index is 5.16. The minimum absolute atomic E-state index is 0.397. The summed E-state index contributed by atoms with van der Waals surface area (Å²) < 4.78 is 0. The number of hydrogen-bond donors (Lipinski definition) is 0. The standard InChI is InChI=1S/C29H24N2.C27H29N.C2H2/c1-20-10-8-15-24(18-20)28(31-29(30-2)21-11-4-3-5-12-21)26-17-9-14-23-19-22-13-6-7-16-25(22)27(23)26;1-19-15-16-24(20(2)27(19)25-14-9-17-28-21(25)3)26-13-8-7-12-23(26)18-22-10-5-4-6-11-22;1-2/h3-18H,19H2,1-2H3;4-5,7-10,12-17,20,24H,6,11,18H2,1-3H3;1-2H. The number of allylic oxidation sites excluding steroid dienone is 8. The Bertz CT molecular complexity index is 2720. The Kier molecular flexibility index (Phi) is 13.8. The van der Waals surface area contributed by atoms with E-state index < -0.39 is 0 Å².